The summed E-state index contributed by atoms with van der Waals surface area (Å²) in [7, 11) is 1.46. The lowest BCUT2D eigenvalue weighted by Crippen LogP contribution is -2.12. The summed E-state index contributed by atoms with van der Waals surface area (Å²) in [6, 6.07) is 10.1. The van der Waals surface area contributed by atoms with Crippen LogP contribution in [0.1, 0.15) is 26.4 Å². The minimum Gasteiger partial charge on any atom is -0.496 e. The largest absolute Gasteiger partial charge is 0.496 e. The van der Waals surface area contributed by atoms with Gasteiger partial charge in [0.1, 0.15) is 5.75 Å². The van der Waals surface area contributed by atoms with E-state index in [2.05, 4.69) is 10.3 Å². The van der Waals surface area contributed by atoms with Crippen molar-refractivity contribution in [3.8, 4) is 5.75 Å². The van der Waals surface area contributed by atoms with E-state index in [1.165, 1.54) is 25.4 Å². The van der Waals surface area contributed by atoms with Crippen LogP contribution in [0.2, 0.25) is 5.02 Å². The fourth-order valence-electron chi connectivity index (χ4n) is 2.62. The zero-order valence-corrected chi connectivity index (χ0v) is 16.1. The van der Waals surface area contributed by atoms with Crippen LogP contribution in [0.15, 0.2) is 48.7 Å². The predicted molar refractivity (Wildman–Crippen MR) is 102 cm³/mol. The van der Waals surface area contributed by atoms with Crippen LogP contribution in [-0.4, -0.2) is 18.0 Å². The molecular weight excluding hydrogens is 413 g/mol. The lowest BCUT2D eigenvalue weighted by Gasteiger charge is -2.12. The van der Waals surface area contributed by atoms with Gasteiger partial charge < -0.3 is 4.74 Å². The number of amides is 1. The Kier molecular flexibility index (Phi) is 5.90. The monoisotopic (exact) mass is 426 g/mol. The predicted octanol–water partition coefficient (Wildman–Crippen LogP) is 5.67. The molecule has 3 aromatic rings. The fourth-order valence-corrected chi connectivity index (χ4v) is 3.64. The van der Waals surface area contributed by atoms with Gasteiger partial charge >= 0.3 is 6.18 Å². The van der Waals surface area contributed by atoms with Crippen LogP contribution in [0.4, 0.5) is 18.3 Å². The van der Waals surface area contributed by atoms with E-state index in [4.69, 9.17) is 16.3 Å². The molecule has 0 aliphatic rings. The van der Waals surface area contributed by atoms with E-state index < -0.39 is 17.6 Å². The summed E-state index contributed by atoms with van der Waals surface area (Å²) in [5.74, 6) is -0.0115. The fraction of sp³-hybridized carbons (Fsp3) is 0.158. The summed E-state index contributed by atoms with van der Waals surface area (Å²) in [6.07, 6.45) is -3.05. The number of alkyl halides is 3. The second-order valence-electron chi connectivity index (χ2n) is 5.76. The van der Waals surface area contributed by atoms with Gasteiger partial charge in [0.05, 0.1) is 18.2 Å². The third-order valence-corrected chi connectivity index (χ3v) is 5.01. The van der Waals surface area contributed by atoms with Gasteiger partial charge in [0, 0.05) is 22.5 Å². The second-order valence-corrected chi connectivity index (χ2v) is 7.31. The Morgan fingerprint density at radius 3 is 2.71 bits per heavy atom. The first-order chi connectivity index (χ1) is 13.3. The molecule has 0 bridgehead atoms. The summed E-state index contributed by atoms with van der Waals surface area (Å²) < 4.78 is 44.7. The number of hydrogen-bond acceptors (Lipinski definition) is 4. The van der Waals surface area contributed by atoms with Gasteiger partial charge in [-0.3, -0.25) is 10.1 Å². The first kappa shape index (κ1) is 20.2. The molecule has 0 spiro atoms. The zero-order chi connectivity index (χ0) is 20.3. The Labute approximate surface area is 167 Å². The highest BCUT2D eigenvalue weighted by molar-refractivity contribution is 7.15. The topological polar surface area (TPSA) is 51.2 Å². The van der Waals surface area contributed by atoms with Gasteiger partial charge in [-0.2, -0.15) is 13.2 Å². The average molecular weight is 427 g/mol. The molecule has 146 valence electrons. The Morgan fingerprint density at radius 2 is 2.00 bits per heavy atom. The van der Waals surface area contributed by atoms with Crippen molar-refractivity contribution in [1.29, 1.82) is 0 Å². The van der Waals surface area contributed by atoms with Crippen molar-refractivity contribution in [3.05, 3.63) is 75.3 Å². The van der Waals surface area contributed by atoms with Crippen molar-refractivity contribution in [2.45, 2.75) is 12.6 Å². The Bertz CT molecular complexity index is 1000. The van der Waals surface area contributed by atoms with Gasteiger partial charge in [0.2, 0.25) is 0 Å². The molecule has 4 nitrogen and oxygen atoms in total. The van der Waals surface area contributed by atoms with Gasteiger partial charge in [0.25, 0.3) is 5.91 Å². The van der Waals surface area contributed by atoms with Crippen molar-refractivity contribution >= 4 is 34.0 Å². The molecule has 0 aliphatic heterocycles. The van der Waals surface area contributed by atoms with E-state index in [1.54, 1.807) is 24.3 Å². The molecule has 1 amide bonds. The third-order valence-electron chi connectivity index (χ3n) is 3.86. The van der Waals surface area contributed by atoms with Gasteiger partial charge in [-0.15, -0.1) is 11.3 Å². The summed E-state index contributed by atoms with van der Waals surface area (Å²) in [5.41, 5.74) is -0.368. The van der Waals surface area contributed by atoms with Gasteiger partial charge in [-0.25, -0.2) is 4.98 Å². The van der Waals surface area contributed by atoms with E-state index in [9.17, 15) is 18.0 Å². The highest BCUT2D eigenvalue weighted by Crippen LogP contribution is 2.35. The van der Waals surface area contributed by atoms with Crippen molar-refractivity contribution in [2.75, 3.05) is 12.4 Å². The number of aromatic nitrogens is 1. The number of carbonyl (C=O) groups excluding carboxylic acids is 1. The Hall–Kier alpha value is -2.58. The number of ether oxygens (including phenoxy) is 1. The molecule has 0 fully saturated rings. The number of benzene rings is 2. The number of anilines is 1. The molecule has 1 heterocycles. The second kappa shape index (κ2) is 8.20. The van der Waals surface area contributed by atoms with Crippen molar-refractivity contribution in [1.82, 2.24) is 4.98 Å². The lowest BCUT2D eigenvalue weighted by atomic mass is 10.0. The number of nitrogens with zero attached hydrogens (tertiary/aromatic N) is 1. The van der Waals surface area contributed by atoms with Gasteiger partial charge in [-0.05, 0) is 35.9 Å². The molecule has 0 aliphatic carbocycles. The van der Waals surface area contributed by atoms with E-state index in [0.717, 1.165) is 17.4 Å². The quantitative estimate of drug-likeness (QED) is 0.572. The summed E-state index contributed by atoms with van der Waals surface area (Å²) >= 11 is 6.95. The molecule has 0 radical (unpaired) electrons. The lowest BCUT2D eigenvalue weighted by molar-refractivity contribution is -0.138. The van der Waals surface area contributed by atoms with Crippen LogP contribution in [0.25, 0.3) is 0 Å². The summed E-state index contributed by atoms with van der Waals surface area (Å²) in [6.45, 7) is 0. The SMILES string of the molecule is COc1ccccc1C(=O)Nc1ncc(Cc2cc(Cl)ccc2C(F)(F)F)s1. The number of carbonyl (C=O) groups is 1. The summed E-state index contributed by atoms with van der Waals surface area (Å²) in [4.78, 5) is 17.0. The Balaban J connectivity index is 1.79. The average Bonchev–Trinajstić information content (AvgIpc) is 3.07. The molecule has 0 saturated heterocycles. The number of para-hydroxylation sites is 1. The molecule has 3 rings (SSSR count). The number of thiazole rings is 1. The molecule has 0 saturated carbocycles. The zero-order valence-electron chi connectivity index (χ0n) is 14.5. The molecule has 1 N–H and O–H groups in total. The third kappa shape index (κ3) is 4.63. The highest BCUT2D eigenvalue weighted by Gasteiger charge is 2.33. The highest BCUT2D eigenvalue weighted by atomic mass is 35.5. The van der Waals surface area contributed by atoms with Crippen molar-refractivity contribution in [3.63, 3.8) is 0 Å². The summed E-state index contributed by atoms with van der Waals surface area (Å²) in [5, 5.41) is 3.13. The number of nitrogens with one attached hydrogen (secondary N) is 1. The number of hydrogen-bond donors (Lipinski definition) is 1. The number of rotatable bonds is 5. The standard InChI is InChI=1S/C19H14ClF3N2O2S/c1-27-16-5-3-2-4-14(16)17(26)25-18-24-10-13(28-18)9-11-8-12(20)6-7-15(11)19(21,22)23/h2-8,10H,9H2,1H3,(H,24,25,26). The van der Waals surface area contributed by atoms with E-state index in [1.807, 2.05) is 0 Å². The maximum atomic E-state index is 13.2. The molecular formula is C19H14ClF3N2O2S. The van der Waals surface area contributed by atoms with Crippen LogP contribution in [0.5, 0.6) is 5.75 Å². The van der Waals surface area contributed by atoms with E-state index in [0.29, 0.717) is 16.2 Å². The maximum Gasteiger partial charge on any atom is 0.416 e. The molecule has 0 atom stereocenters. The van der Waals surface area contributed by atoms with Crippen molar-refractivity contribution in [2.24, 2.45) is 0 Å². The molecule has 9 heteroatoms. The van der Waals surface area contributed by atoms with Crippen LogP contribution >= 0.6 is 22.9 Å². The first-order valence-corrected chi connectivity index (χ1v) is 9.22. The van der Waals surface area contributed by atoms with Crippen LogP contribution in [0, 0.1) is 0 Å². The van der Waals surface area contributed by atoms with E-state index in [-0.39, 0.29) is 22.1 Å². The maximum absolute atomic E-state index is 13.2. The molecule has 0 unspecified atom stereocenters. The minimum atomic E-state index is -4.48. The molecule has 28 heavy (non-hydrogen) atoms. The Morgan fingerprint density at radius 1 is 1.25 bits per heavy atom. The number of halogens is 4. The van der Waals surface area contributed by atoms with Gasteiger partial charge in [-0.1, -0.05) is 23.7 Å². The smallest absolute Gasteiger partial charge is 0.416 e. The first-order valence-electron chi connectivity index (χ1n) is 8.02. The molecule has 1 aromatic heterocycles. The number of methoxy groups -OCH3 is 1. The normalized spacial score (nSPS) is 11.3. The minimum absolute atomic E-state index is 0.00238. The van der Waals surface area contributed by atoms with Crippen LogP contribution in [-0.2, 0) is 12.6 Å². The molecule has 2 aromatic carbocycles. The van der Waals surface area contributed by atoms with Gasteiger partial charge in [0.15, 0.2) is 5.13 Å². The van der Waals surface area contributed by atoms with E-state index >= 15 is 0 Å². The van der Waals surface area contributed by atoms with Crippen LogP contribution < -0.4 is 10.1 Å². The van der Waals surface area contributed by atoms with Crippen LogP contribution in [0.3, 0.4) is 0 Å². The van der Waals surface area contributed by atoms with Crippen molar-refractivity contribution < 1.29 is 22.7 Å².